The Morgan fingerprint density at radius 2 is 2.35 bits per heavy atom. The Kier molecular flexibility index (Phi) is 4.13. The standard InChI is InChI=1S/C14H12FN3O2/c1-9-12(8-17-20-9)14(19)18-11-4-5-13(15)10(7-11)3-2-6-16/h4-5,7-8H,6,16H2,1H3,(H,18,19). The molecule has 0 saturated heterocycles. The van der Waals surface area contributed by atoms with Gasteiger partial charge in [0.25, 0.3) is 5.91 Å². The summed E-state index contributed by atoms with van der Waals surface area (Å²) < 4.78 is 18.3. The first-order valence-corrected chi connectivity index (χ1v) is 5.83. The third kappa shape index (κ3) is 3.02. The zero-order chi connectivity index (χ0) is 14.5. The summed E-state index contributed by atoms with van der Waals surface area (Å²) in [5.74, 6) is 4.72. The summed E-state index contributed by atoms with van der Waals surface area (Å²) in [5, 5.41) is 6.15. The van der Waals surface area contributed by atoms with E-state index in [-0.39, 0.29) is 18.0 Å². The quantitative estimate of drug-likeness (QED) is 0.816. The number of hydrogen-bond acceptors (Lipinski definition) is 4. The number of anilines is 1. The smallest absolute Gasteiger partial charge is 0.260 e. The molecule has 0 aliphatic rings. The van der Waals surface area contributed by atoms with E-state index in [1.165, 1.54) is 24.4 Å². The van der Waals surface area contributed by atoms with E-state index in [2.05, 4.69) is 22.3 Å². The number of carbonyl (C=O) groups excluding carboxylic acids is 1. The van der Waals surface area contributed by atoms with Crippen molar-refractivity contribution in [1.29, 1.82) is 0 Å². The summed E-state index contributed by atoms with van der Waals surface area (Å²) >= 11 is 0. The summed E-state index contributed by atoms with van der Waals surface area (Å²) in [6, 6.07) is 4.12. The van der Waals surface area contributed by atoms with Gasteiger partial charge in [-0.3, -0.25) is 4.79 Å². The second kappa shape index (κ2) is 5.99. The Morgan fingerprint density at radius 3 is 3.00 bits per heavy atom. The summed E-state index contributed by atoms with van der Waals surface area (Å²) in [6.07, 6.45) is 1.32. The van der Waals surface area contributed by atoms with Gasteiger partial charge in [-0.2, -0.15) is 0 Å². The number of aryl methyl sites for hydroxylation is 1. The molecule has 0 atom stereocenters. The molecule has 0 spiro atoms. The van der Waals surface area contributed by atoms with Crippen molar-refractivity contribution in [3.8, 4) is 11.8 Å². The molecule has 5 nitrogen and oxygen atoms in total. The van der Waals surface area contributed by atoms with Crippen molar-refractivity contribution in [3.05, 3.63) is 47.1 Å². The van der Waals surface area contributed by atoms with Crippen molar-refractivity contribution < 1.29 is 13.7 Å². The molecule has 0 radical (unpaired) electrons. The monoisotopic (exact) mass is 273 g/mol. The van der Waals surface area contributed by atoms with Gasteiger partial charge in [0, 0.05) is 5.69 Å². The van der Waals surface area contributed by atoms with E-state index in [1.807, 2.05) is 0 Å². The highest BCUT2D eigenvalue weighted by atomic mass is 19.1. The molecular weight excluding hydrogens is 261 g/mol. The van der Waals surface area contributed by atoms with Gasteiger partial charge in [-0.1, -0.05) is 17.0 Å². The molecule has 0 aliphatic carbocycles. The number of benzene rings is 1. The van der Waals surface area contributed by atoms with Gasteiger partial charge in [0.2, 0.25) is 0 Å². The van der Waals surface area contributed by atoms with Crippen LogP contribution in [0.25, 0.3) is 0 Å². The zero-order valence-corrected chi connectivity index (χ0v) is 10.7. The first-order chi connectivity index (χ1) is 9.61. The number of nitrogens with one attached hydrogen (secondary N) is 1. The number of halogens is 1. The SMILES string of the molecule is Cc1oncc1C(=O)Nc1ccc(F)c(C#CCN)c1. The lowest BCUT2D eigenvalue weighted by atomic mass is 10.1. The lowest BCUT2D eigenvalue weighted by molar-refractivity contribution is 0.102. The van der Waals surface area contributed by atoms with E-state index < -0.39 is 5.82 Å². The summed E-state index contributed by atoms with van der Waals surface area (Å²) in [6.45, 7) is 1.76. The minimum absolute atomic E-state index is 0.135. The Labute approximate surface area is 114 Å². The van der Waals surface area contributed by atoms with E-state index >= 15 is 0 Å². The van der Waals surface area contributed by atoms with Crippen molar-refractivity contribution in [2.24, 2.45) is 5.73 Å². The third-order valence-electron chi connectivity index (χ3n) is 2.54. The molecule has 1 aromatic carbocycles. The minimum atomic E-state index is -0.467. The molecule has 20 heavy (non-hydrogen) atoms. The maximum Gasteiger partial charge on any atom is 0.260 e. The fraction of sp³-hybridized carbons (Fsp3) is 0.143. The summed E-state index contributed by atoms with van der Waals surface area (Å²) in [5.41, 5.74) is 6.17. The molecule has 3 N–H and O–H groups in total. The number of nitrogens with zero attached hydrogens (tertiary/aromatic N) is 1. The van der Waals surface area contributed by atoms with Crippen LogP contribution in [0.5, 0.6) is 0 Å². The number of nitrogens with two attached hydrogens (primary N) is 1. The number of aromatic nitrogens is 1. The fourth-order valence-electron chi connectivity index (χ4n) is 1.56. The first kappa shape index (κ1) is 13.8. The van der Waals surface area contributed by atoms with E-state index in [4.69, 9.17) is 10.3 Å². The fourth-order valence-corrected chi connectivity index (χ4v) is 1.56. The van der Waals surface area contributed by atoms with E-state index in [0.717, 1.165) is 0 Å². The Bertz CT molecular complexity index is 698. The van der Waals surface area contributed by atoms with Crippen LogP contribution in [-0.4, -0.2) is 17.6 Å². The van der Waals surface area contributed by atoms with Crippen molar-refractivity contribution >= 4 is 11.6 Å². The molecule has 0 aliphatic heterocycles. The average molecular weight is 273 g/mol. The largest absolute Gasteiger partial charge is 0.361 e. The molecule has 1 amide bonds. The van der Waals surface area contributed by atoms with Crippen molar-refractivity contribution in [2.45, 2.75) is 6.92 Å². The summed E-state index contributed by atoms with van der Waals surface area (Å²) in [4.78, 5) is 11.9. The van der Waals surface area contributed by atoms with Gasteiger partial charge in [0.15, 0.2) is 0 Å². The molecule has 0 unspecified atom stereocenters. The van der Waals surface area contributed by atoms with Crippen LogP contribution < -0.4 is 11.1 Å². The van der Waals surface area contributed by atoms with Crippen LogP contribution in [0, 0.1) is 24.6 Å². The Balaban J connectivity index is 2.22. The number of amides is 1. The average Bonchev–Trinajstić information content (AvgIpc) is 2.85. The Hall–Kier alpha value is -2.65. The van der Waals surface area contributed by atoms with E-state index in [9.17, 15) is 9.18 Å². The topological polar surface area (TPSA) is 81.2 Å². The maximum absolute atomic E-state index is 13.5. The van der Waals surface area contributed by atoms with Crippen molar-refractivity contribution in [3.63, 3.8) is 0 Å². The predicted octanol–water partition coefficient (Wildman–Crippen LogP) is 1.68. The van der Waals surface area contributed by atoms with Crippen molar-refractivity contribution in [1.82, 2.24) is 5.16 Å². The lowest BCUT2D eigenvalue weighted by Crippen LogP contribution is -2.12. The predicted molar refractivity (Wildman–Crippen MR) is 71.5 cm³/mol. The third-order valence-corrected chi connectivity index (χ3v) is 2.54. The molecule has 1 heterocycles. The van der Waals surface area contributed by atoms with Crippen molar-refractivity contribution in [2.75, 3.05) is 11.9 Å². The van der Waals surface area contributed by atoms with Gasteiger partial charge >= 0.3 is 0 Å². The van der Waals surface area contributed by atoms with Crippen LogP contribution in [0.3, 0.4) is 0 Å². The van der Waals surface area contributed by atoms with Gasteiger partial charge in [-0.15, -0.1) is 0 Å². The first-order valence-electron chi connectivity index (χ1n) is 5.83. The Morgan fingerprint density at radius 1 is 1.55 bits per heavy atom. The molecule has 1 aromatic heterocycles. The van der Waals surface area contributed by atoms with Crippen LogP contribution in [0.15, 0.2) is 28.9 Å². The van der Waals surface area contributed by atoms with Gasteiger partial charge in [0.05, 0.1) is 18.3 Å². The molecule has 0 fully saturated rings. The van der Waals surface area contributed by atoms with Gasteiger partial charge < -0.3 is 15.6 Å². The molecule has 2 rings (SSSR count). The minimum Gasteiger partial charge on any atom is -0.361 e. The number of rotatable bonds is 2. The molecule has 0 bridgehead atoms. The highest BCUT2D eigenvalue weighted by Crippen LogP contribution is 2.16. The van der Waals surface area contributed by atoms with Gasteiger partial charge in [-0.25, -0.2) is 4.39 Å². The van der Waals surface area contributed by atoms with Gasteiger partial charge in [0.1, 0.15) is 17.1 Å². The van der Waals surface area contributed by atoms with Gasteiger partial charge in [-0.05, 0) is 25.1 Å². The second-order valence-electron chi connectivity index (χ2n) is 3.95. The number of hydrogen-bond donors (Lipinski definition) is 2. The molecule has 2 aromatic rings. The van der Waals surface area contributed by atoms with Crippen LogP contribution >= 0.6 is 0 Å². The summed E-state index contributed by atoms with van der Waals surface area (Å²) in [7, 11) is 0. The maximum atomic E-state index is 13.5. The lowest BCUT2D eigenvalue weighted by Gasteiger charge is -2.05. The molecule has 0 saturated carbocycles. The normalized spacial score (nSPS) is 9.75. The highest BCUT2D eigenvalue weighted by Gasteiger charge is 2.13. The van der Waals surface area contributed by atoms with Crippen LogP contribution in [0.4, 0.5) is 10.1 Å². The molecule has 102 valence electrons. The van der Waals surface area contributed by atoms with E-state index in [1.54, 1.807) is 6.92 Å². The van der Waals surface area contributed by atoms with E-state index in [0.29, 0.717) is 17.0 Å². The highest BCUT2D eigenvalue weighted by molar-refractivity contribution is 6.04. The molecule has 6 heteroatoms. The zero-order valence-electron chi connectivity index (χ0n) is 10.7. The second-order valence-corrected chi connectivity index (χ2v) is 3.95. The van der Waals surface area contributed by atoms with Crippen LogP contribution in [-0.2, 0) is 0 Å². The van der Waals surface area contributed by atoms with Crippen LogP contribution in [0.2, 0.25) is 0 Å². The molecular formula is C14H12FN3O2. The number of carbonyl (C=O) groups is 1. The van der Waals surface area contributed by atoms with Crippen LogP contribution in [0.1, 0.15) is 21.7 Å².